The predicted molar refractivity (Wildman–Crippen MR) is 124 cm³/mol. The van der Waals surface area contributed by atoms with Crippen molar-refractivity contribution in [1.29, 1.82) is 0 Å². The highest BCUT2D eigenvalue weighted by molar-refractivity contribution is 7.91. The average Bonchev–Trinajstić information content (AvgIpc) is 3.29. The molecule has 2 aromatic rings. The molecule has 31 heavy (non-hydrogen) atoms. The number of piperidine rings is 1. The maximum atomic E-state index is 12.8. The second-order valence-electron chi connectivity index (χ2n) is 8.39. The topological polar surface area (TPSA) is 75.7 Å². The van der Waals surface area contributed by atoms with Crippen molar-refractivity contribution in [3.8, 4) is 5.75 Å². The third kappa shape index (κ3) is 6.54. The summed E-state index contributed by atoms with van der Waals surface area (Å²) in [5.41, 5.74) is 1.20. The van der Waals surface area contributed by atoms with Gasteiger partial charge in [-0.15, -0.1) is 11.3 Å². The van der Waals surface area contributed by atoms with Crippen LogP contribution in [0.5, 0.6) is 5.75 Å². The first kappa shape index (κ1) is 23.8. The number of sulfonamides is 1. The minimum Gasteiger partial charge on any atom is -0.491 e. The monoisotopic (exact) mass is 464 g/mol. The number of benzene rings is 1. The molecule has 1 aromatic carbocycles. The molecule has 1 aliphatic heterocycles. The van der Waals surface area contributed by atoms with E-state index < -0.39 is 10.0 Å². The Bertz CT molecular complexity index is 940. The second kappa shape index (κ2) is 10.6. The highest BCUT2D eigenvalue weighted by atomic mass is 32.2. The first-order valence-corrected chi connectivity index (χ1v) is 13.2. The SMILES string of the molecule is CC(CCc1ccc(OC(C)C)cc1)NC(=O)C1CCCN(S(=O)(=O)c2cccs2)C1. The van der Waals surface area contributed by atoms with Gasteiger partial charge < -0.3 is 10.1 Å². The lowest BCUT2D eigenvalue weighted by atomic mass is 9.98. The highest BCUT2D eigenvalue weighted by Gasteiger charge is 2.34. The maximum Gasteiger partial charge on any atom is 0.252 e. The number of thiophene rings is 1. The smallest absolute Gasteiger partial charge is 0.252 e. The summed E-state index contributed by atoms with van der Waals surface area (Å²) < 4.78 is 33.0. The summed E-state index contributed by atoms with van der Waals surface area (Å²) >= 11 is 1.21. The molecule has 1 saturated heterocycles. The van der Waals surface area contributed by atoms with Gasteiger partial charge in [-0.3, -0.25) is 4.79 Å². The number of carbonyl (C=O) groups excluding carboxylic acids is 1. The summed E-state index contributed by atoms with van der Waals surface area (Å²) in [4.78, 5) is 12.8. The van der Waals surface area contributed by atoms with Crippen LogP contribution in [0.4, 0.5) is 0 Å². The van der Waals surface area contributed by atoms with E-state index in [-0.39, 0.29) is 30.5 Å². The lowest BCUT2D eigenvalue weighted by Crippen LogP contribution is -2.47. The third-order valence-electron chi connectivity index (χ3n) is 5.39. The van der Waals surface area contributed by atoms with Gasteiger partial charge in [0.15, 0.2) is 0 Å². The minimum atomic E-state index is -3.51. The first-order chi connectivity index (χ1) is 14.8. The van der Waals surface area contributed by atoms with Crippen LogP contribution in [0.25, 0.3) is 0 Å². The lowest BCUT2D eigenvalue weighted by molar-refractivity contribution is -0.126. The Balaban J connectivity index is 1.49. The zero-order valence-electron chi connectivity index (χ0n) is 18.4. The number of nitrogens with zero attached hydrogens (tertiary/aromatic N) is 1. The van der Waals surface area contributed by atoms with Gasteiger partial charge in [0, 0.05) is 19.1 Å². The summed E-state index contributed by atoms with van der Waals surface area (Å²) in [6.45, 7) is 6.71. The Morgan fingerprint density at radius 2 is 1.97 bits per heavy atom. The van der Waals surface area contributed by atoms with Crippen molar-refractivity contribution in [3.05, 3.63) is 47.3 Å². The van der Waals surface area contributed by atoms with E-state index >= 15 is 0 Å². The van der Waals surface area contributed by atoms with Crippen molar-refractivity contribution in [2.75, 3.05) is 13.1 Å². The van der Waals surface area contributed by atoms with Crippen molar-refractivity contribution in [2.45, 2.75) is 62.8 Å². The van der Waals surface area contributed by atoms with E-state index in [0.717, 1.165) is 18.6 Å². The van der Waals surface area contributed by atoms with Crippen molar-refractivity contribution >= 4 is 27.3 Å². The van der Waals surface area contributed by atoms with Crippen LogP contribution < -0.4 is 10.1 Å². The van der Waals surface area contributed by atoms with Crippen LogP contribution in [-0.4, -0.2) is 43.9 Å². The van der Waals surface area contributed by atoms with Gasteiger partial charge in [0.1, 0.15) is 9.96 Å². The van der Waals surface area contributed by atoms with Crippen molar-refractivity contribution < 1.29 is 17.9 Å². The summed E-state index contributed by atoms with van der Waals surface area (Å²) in [6, 6.07) is 11.4. The molecule has 3 rings (SSSR count). The average molecular weight is 465 g/mol. The van der Waals surface area contributed by atoms with Gasteiger partial charge in [-0.2, -0.15) is 4.31 Å². The van der Waals surface area contributed by atoms with E-state index in [4.69, 9.17) is 4.74 Å². The largest absolute Gasteiger partial charge is 0.491 e. The Morgan fingerprint density at radius 1 is 1.23 bits per heavy atom. The second-order valence-corrected chi connectivity index (χ2v) is 11.5. The fourth-order valence-corrected chi connectivity index (χ4v) is 6.40. The van der Waals surface area contributed by atoms with E-state index in [0.29, 0.717) is 23.6 Å². The Hall–Kier alpha value is -1.90. The number of amides is 1. The summed E-state index contributed by atoms with van der Waals surface area (Å²) in [5.74, 6) is 0.497. The molecule has 1 aliphatic rings. The summed E-state index contributed by atoms with van der Waals surface area (Å²) in [6.07, 6.45) is 3.23. The molecule has 1 amide bonds. The number of carbonyl (C=O) groups is 1. The normalized spacial score (nSPS) is 18.6. The van der Waals surface area contributed by atoms with Crippen LogP contribution in [0.1, 0.15) is 45.6 Å². The molecule has 2 atom stereocenters. The molecule has 1 aromatic heterocycles. The van der Waals surface area contributed by atoms with Crippen LogP contribution in [0, 0.1) is 5.92 Å². The molecule has 2 heterocycles. The van der Waals surface area contributed by atoms with E-state index in [2.05, 4.69) is 17.4 Å². The molecule has 2 unspecified atom stereocenters. The van der Waals surface area contributed by atoms with Gasteiger partial charge >= 0.3 is 0 Å². The van der Waals surface area contributed by atoms with Gasteiger partial charge in [0.25, 0.3) is 10.0 Å². The molecule has 0 saturated carbocycles. The standard InChI is InChI=1S/C23H32N2O4S2/c1-17(2)29-21-12-10-19(11-13-21)9-8-18(3)24-23(26)20-6-4-14-25(16-20)31(27,28)22-7-5-15-30-22/h5,7,10-13,15,17-18,20H,4,6,8-9,14,16H2,1-3H3,(H,24,26). The zero-order chi connectivity index (χ0) is 22.4. The van der Waals surface area contributed by atoms with Gasteiger partial charge in [0.2, 0.25) is 5.91 Å². The van der Waals surface area contributed by atoms with Crippen molar-refractivity contribution in [2.24, 2.45) is 5.92 Å². The van der Waals surface area contributed by atoms with Crippen LogP contribution >= 0.6 is 11.3 Å². The fourth-order valence-electron chi connectivity index (χ4n) is 3.74. The molecule has 0 aliphatic carbocycles. The molecule has 170 valence electrons. The molecule has 1 N–H and O–H groups in total. The number of nitrogens with one attached hydrogen (secondary N) is 1. The van der Waals surface area contributed by atoms with Crippen molar-refractivity contribution in [3.63, 3.8) is 0 Å². The van der Waals surface area contributed by atoms with E-state index in [1.54, 1.807) is 17.5 Å². The fraction of sp³-hybridized carbons (Fsp3) is 0.522. The molecular formula is C23H32N2O4S2. The number of rotatable bonds is 9. The Kier molecular flexibility index (Phi) is 8.13. The lowest BCUT2D eigenvalue weighted by Gasteiger charge is -2.31. The van der Waals surface area contributed by atoms with Gasteiger partial charge in [-0.1, -0.05) is 18.2 Å². The highest BCUT2D eigenvalue weighted by Crippen LogP contribution is 2.26. The molecule has 8 heteroatoms. The molecule has 6 nitrogen and oxygen atoms in total. The van der Waals surface area contributed by atoms with Gasteiger partial charge in [-0.05, 0) is 75.6 Å². The zero-order valence-corrected chi connectivity index (χ0v) is 20.0. The molecular weight excluding hydrogens is 432 g/mol. The van der Waals surface area contributed by atoms with Crippen LogP contribution in [0.2, 0.25) is 0 Å². The van der Waals surface area contributed by atoms with E-state index in [1.165, 1.54) is 21.2 Å². The number of ether oxygens (including phenoxy) is 1. The number of hydrogen-bond donors (Lipinski definition) is 1. The van der Waals surface area contributed by atoms with Gasteiger partial charge in [-0.25, -0.2) is 8.42 Å². The maximum absolute atomic E-state index is 12.8. The van der Waals surface area contributed by atoms with E-state index in [9.17, 15) is 13.2 Å². The molecule has 1 fully saturated rings. The number of hydrogen-bond acceptors (Lipinski definition) is 5. The number of aryl methyl sites for hydroxylation is 1. The summed E-state index contributed by atoms with van der Waals surface area (Å²) in [7, 11) is -3.51. The van der Waals surface area contributed by atoms with Gasteiger partial charge in [0.05, 0.1) is 12.0 Å². The quantitative estimate of drug-likeness (QED) is 0.607. The predicted octanol–water partition coefficient (Wildman–Crippen LogP) is 4.07. The van der Waals surface area contributed by atoms with E-state index in [1.807, 2.05) is 32.9 Å². The first-order valence-electron chi connectivity index (χ1n) is 10.9. The van der Waals surface area contributed by atoms with Crippen LogP contribution in [-0.2, 0) is 21.2 Å². The minimum absolute atomic E-state index is 0.0170. The third-order valence-corrected chi connectivity index (χ3v) is 8.63. The molecule has 0 spiro atoms. The molecule has 0 bridgehead atoms. The van der Waals surface area contributed by atoms with Crippen LogP contribution in [0.3, 0.4) is 0 Å². The molecule has 0 radical (unpaired) electrons. The van der Waals surface area contributed by atoms with Crippen LogP contribution in [0.15, 0.2) is 46.0 Å². The Morgan fingerprint density at radius 3 is 2.61 bits per heavy atom. The summed E-state index contributed by atoms with van der Waals surface area (Å²) in [5, 5.41) is 4.84. The Labute approximate surface area is 189 Å². The van der Waals surface area contributed by atoms with Crippen molar-refractivity contribution in [1.82, 2.24) is 9.62 Å².